The van der Waals surface area contributed by atoms with Gasteiger partial charge in [-0.2, -0.15) is 43.9 Å². The fourth-order valence-corrected chi connectivity index (χ4v) is 5.54. The van der Waals surface area contributed by atoms with E-state index in [2.05, 4.69) is 0 Å². The Morgan fingerprint density at radius 2 is 1.07 bits per heavy atom. The molecule has 0 saturated carbocycles. The lowest BCUT2D eigenvalue weighted by Gasteiger charge is -2.26. The Balaban J connectivity index is 4.01. The minimum atomic E-state index is -7.59. The smallest absolute Gasteiger partial charge is 0.216 e. The molecule has 0 N–H and O–H groups in total. The number of allylic oxidation sites excluding steroid dienone is 5. The molecule has 0 aliphatic heterocycles. The lowest BCUT2D eigenvalue weighted by atomic mass is 10.1. The molecule has 16 heteroatoms. The van der Waals surface area contributed by atoms with Crippen LogP contribution in [0.25, 0.3) is 0 Å². The quantitative estimate of drug-likeness (QED) is 0.603. The van der Waals surface area contributed by atoms with E-state index in [4.69, 9.17) is 0 Å². The summed E-state index contributed by atoms with van der Waals surface area (Å²) < 4.78 is 171. The Morgan fingerprint density at radius 1 is 0.704 bits per heavy atom. The second-order valence-electron chi connectivity index (χ2n) is 4.84. The van der Waals surface area contributed by atoms with Gasteiger partial charge >= 0.3 is 22.9 Å². The van der Waals surface area contributed by atoms with Gasteiger partial charge in [0.05, 0.1) is 0 Å². The molecule has 0 bridgehead atoms. The third-order valence-corrected chi connectivity index (χ3v) is 7.60. The first kappa shape index (κ1) is 23.5. The van der Waals surface area contributed by atoms with E-state index in [1.54, 1.807) is 0 Å². The first-order chi connectivity index (χ1) is 11.7. The van der Waals surface area contributed by atoms with E-state index in [9.17, 15) is 60.7 Å². The zero-order valence-corrected chi connectivity index (χ0v) is 13.9. The summed E-state index contributed by atoms with van der Waals surface area (Å²) in [6.07, 6.45) is -12.6. The van der Waals surface area contributed by atoms with Crippen LogP contribution in [0.4, 0.5) is 43.9 Å². The van der Waals surface area contributed by atoms with Crippen LogP contribution in [0.5, 0.6) is 0 Å². The normalized spacial score (nSPS) is 17.3. The Hall–Kier alpha value is -1.58. The molecular formula is C11H6F10O4S2. The largest absolute Gasteiger partial charge is 0.469 e. The average Bonchev–Trinajstić information content (AvgIpc) is 2.45. The van der Waals surface area contributed by atoms with E-state index in [0.717, 1.165) is 12.2 Å². The summed E-state index contributed by atoms with van der Waals surface area (Å²) in [6, 6.07) is 0. The van der Waals surface area contributed by atoms with Gasteiger partial charge in [-0.05, 0) is 12.0 Å². The summed E-state index contributed by atoms with van der Waals surface area (Å²) in [5.74, 6) is 0. The number of alkyl halides is 10. The maximum absolute atomic E-state index is 13.3. The molecule has 0 amide bonds. The van der Waals surface area contributed by atoms with Gasteiger partial charge in [-0.15, -0.1) is 0 Å². The highest BCUT2D eigenvalue weighted by molar-refractivity contribution is 8.15. The van der Waals surface area contributed by atoms with Crippen molar-refractivity contribution in [2.45, 2.75) is 29.3 Å². The van der Waals surface area contributed by atoms with Crippen LogP contribution < -0.4 is 0 Å². The van der Waals surface area contributed by atoms with Crippen LogP contribution >= 0.6 is 0 Å². The van der Waals surface area contributed by atoms with Crippen LogP contribution in [0.2, 0.25) is 0 Å². The predicted octanol–water partition coefficient (Wildman–Crippen LogP) is 3.85. The molecule has 1 aliphatic rings. The van der Waals surface area contributed by atoms with E-state index >= 15 is 0 Å². The summed E-state index contributed by atoms with van der Waals surface area (Å²) in [4.78, 5) is 0. The zero-order chi connectivity index (χ0) is 21.7. The third-order valence-electron chi connectivity index (χ3n) is 2.97. The van der Waals surface area contributed by atoms with Crippen molar-refractivity contribution < 1.29 is 60.7 Å². The minimum absolute atomic E-state index is 0.212. The number of hydrogen-bond donors (Lipinski definition) is 0. The van der Waals surface area contributed by atoms with Crippen molar-refractivity contribution in [3.8, 4) is 0 Å². The summed E-state index contributed by atoms with van der Waals surface area (Å²) >= 11 is 0. The second kappa shape index (κ2) is 6.49. The molecule has 0 aromatic rings. The first-order valence-corrected chi connectivity index (χ1v) is 9.14. The summed E-state index contributed by atoms with van der Waals surface area (Å²) in [7, 11) is -15.2. The maximum Gasteiger partial charge on any atom is 0.469 e. The van der Waals surface area contributed by atoms with Crippen molar-refractivity contribution in [1.82, 2.24) is 0 Å². The molecule has 0 heterocycles. The zero-order valence-electron chi connectivity index (χ0n) is 12.2. The molecule has 0 fully saturated rings. The first-order valence-electron chi connectivity index (χ1n) is 6.17. The van der Waals surface area contributed by atoms with Gasteiger partial charge < -0.3 is 0 Å². The Labute approximate surface area is 144 Å². The van der Waals surface area contributed by atoms with E-state index in [0.29, 0.717) is 6.08 Å². The van der Waals surface area contributed by atoms with Crippen LogP contribution in [-0.2, 0) is 19.7 Å². The van der Waals surface area contributed by atoms with Gasteiger partial charge in [0.1, 0.15) is 0 Å². The van der Waals surface area contributed by atoms with E-state index in [1.165, 1.54) is 0 Å². The highest BCUT2D eigenvalue weighted by atomic mass is 32.3. The van der Waals surface area contributed by atoms with Gasteiger partial charge in [0, 0.05) is 0 Å². The van der Waals surface area contributed by atoms with Gasteiger partial charge in [-0.1, -0.05) is 24.3 Å². The van der Waals surface area contributed by atoms with Gasteiger partial charge in [0.25, 0.3) is 19.7 Å². The van der Waals surface area contributed by atoms with Crippen LogP contribution in [-0.4, -0.2) is 39.7 Å². The maximum atomic E-state index is 13.3. The highest BCUT2D eigenvalue weighted by Crippen LogP contribution is 2.50. The lowest BCUT2D eigenvalue weighted by molar-refractivity contribution is -0.241. The van der Waals surface area contributed by atoms with Crippen molar-refractivity contribution in [3.05, 3.63) is 34.1 Å². The van der Waals surface area contributed by atoms with Crippen molar-refractivity contribution in [2.75, 3.05) is 0 Å². The Kier molecular flexibility index (Phi) is 5.64. The highest BCUT2D eigenvalue weighted by Gasteiger charge is 2.75. The van der Waals surface area contributed by atoms with E-state index in [-0.39, 0.29) is 6.08 Å². The fraction of sp³-hybridized carbons (Fsp3) is 0.455. The molecule has 1 aliphatic carbocycles. The van der Waals surface area contributed by atoms with Gasteiger partial charge in [0.15, 0.2) is 4.24 Å². The van der Waals surface area contributed by atoms with Crippen LogP contribution in [0.1, 0.15) is 6.42 Å². The summed E-state index contributed by atoms with van der Waals surface area (Å²) in [5, 5.41) is -13.9. The van der Waals surface area contributed by atoms with Gasteiger partial charge in [-0.25, -0.2) is 16.8 Å². The predicted molar refractivity (Wildman–Crippen MR) is 69.8 cm³/mol. The molecule has 0 saturated heterocycles. The molecule has 4 nitrogen and oxygen atoms in total. The summed E-state index contributed by atoms with van der Waals surface area (Å²) in [6.45, 7) is 0. The molecular weight excluding hydrogens is 450 g/mol. The standard InChI is InChI=1S/C11H6F10O4S2/c12-8(13,14)10(18,19)26(22,23)7(6-4-2-1-3-5-6)27(24,25)11(20,21)9(15,16)17/h1-4H,5H2. The van der Waals surface area contributed by atoms with Crippen molar-refractivity contribution in [3.63, 3.8) is 0 Å². The van der Waals surface area contributed by atoms with Crippen molar-refractivity contribution in [1.29, 1.82) is 0 Å². The number of halogens is 10. The molecule has 0 aromatic heterocycles. The van der Waals surface area contributed by atoms with Crippen LogP contribution in [0, 0.1) is 0 Å². The van der Waals surface area contributed by atoms with Gasteiger partial charge in [-0.3, -0.25) is 0 Å². The van der Waals surface area contributed by atoms with Crippen molar-refractivity contribution >= 4 is 19.7 Å². The topological polar surface area (TPSA) is 68.3 Å². The number of hydrogen-bond acceptors (Lipinski definition) is 4. The molecule has 0 spiro atoms. The lowest BCUT2D eigenvalue weighted by Crippen LogP contribution is -2.50. The minimum Gasteiger partial charge on any atom is -0.216 e. The molecule has 156 valence electrons. The number of rotatable bonds is 4. The molecule has 1 rings (SSSR count). The SMILES string of the molecule is O=S(=O)(C(=C1C=CC=CC1)S(=O)(=O)C(F)(F)C(F)(F)F)C(F)(F)C(F)(F)F. The van der Waals surface area contributed by atoms with Crippen molar-refractivity contribution in [2.24, 2.45) is 0 Å². The Bertz CT molecular complexity index is 844. The molecule has 0 unspecified atom stereocenters. The van der Waals surface area contributed by atoms with E-state index in [1.807, 2.05) is 0 Å². The van der Waals surface area contributed by atoms with Crippen LogP contribution in [0.15, 0.2) is 34.1 Å². The Morgan fingerprint density at radius 3 is 1.33 bits per heavy atom. The average molecular weight is 456 g/mol. The van der Waals surface area contributed by atoms with Gasteiger partial charge in [0.2, 0.25) is 0 Å². The number of sulfone groups is 2. The fourth-order valence-electron chi connectivity index (χ4n) is 1.69. The van der Waals surface area contributed by atoms with E-state index < -0.39 is 58.8 Å². The summed E-state index contributed by atoms with van der Waals surface area (Å²) in [5.41, 5.74) is -1.62. The monoisotopic (exact) mass is 456 g/mol. The van der Waals surface area contributed by atoms with Crippen LogP contribution in [0.3, 0.4) is 0 Å². The third kappa shape index (κ3) is 3.60. The molecule has 0 aromatic carbocycles. The second-order valence-corrected chi connectivity index (χ2v) is 8.95. The molecule has 0 radical (unpaired) electrons. The molecule has 0 atom stereocenters. The molecule has 27 heavy (non-hydrogen) atoms.